The summed E-state index contributed by atoms with van der Waals surface area (Å²) < 4.78 is 26.2. The van der Waals surface area contributed by atoms with Crippen LogP contribution in [0.15, 0.2) is 149 Å². The molecule has 5 N–H and O–H groups in total. The van der Waals surface area contributed by atoms with Gasteiger partial charge in [-0.25, -0.2) is 8.42 Å². The van der Waals surface area contributed by atoms with E-state index in [2.05, 4.69) is 27.8 Å². The number of anilines is 2. The summed E-state index contributed by atoms with van der Waals surface area (Å²) in [6, 6.07) is 45.0. The van der Waals surface area contributed by atoms with Gasteiger partial charge in [-0.05, 0) is 48.5 Å². The van der Waals surface area contributed by atoms with Crippen molar-refractivity contribution < 1.29 is 8.42 Å². The van der Waals surface area contributed by atoms with Crippen LogP contribution >= 0.6 is 0 Å². The molecule has 0 aliphatic heterocycles. The average molecular weight is 598 g/mol. The van der Waals surface area contributed by atoms with Crippen molar-refractivity contribution in [2.75, 3.05) is 11.5 Å². The van der Waals surface area contributed by atoms with Crippen LogP contribution in [0.25, 0.3) is 38.9 Å². The lowest BCUT2D eigenvalue weighted by Crippen LogP contribution is -2.00. The number of sulfone groups is 1. The van der Waals surface area contributed by atoms with Gasteiger partial charge in [0.05, 0.1) is 44.1 Å². The van der Waals surface area contributed by atoms with Crippen molar-refractivity contribution >= 4 is 43.0 Å². The Morgan fingerprint density at radius 1 is 0.636 bits per heavy atom. The monoisotopic (exact) mass is 597 g/mol. The molecule has 7 aromatic rings. The van der Waals surface area contributed by atoms with E-state index < -0.39 is 9.84 Å². The standard InChI is InChI=1S/C22H18N4.C12H10O2S.C2H3N/c23-19-15-10-4-6-12-17(15)25-21(19)22-20(24)16-11-5-7-13-18(16)26(22)14-8-2-1-3-9-14;13-15(14,11-7-3-1-4-8-11)12-9-5-2-6-10-12;1-2-3/h1-13,25H,23-24H2;1-10H;1H3. The molecule has 218 valence electrons. The molecule has 5 aromatic carbocycles. The highest BCUT2D eigenvalue weighted by Crippen LogP contribution is 2.42. The van der Waals surface area contributed by atoms with Crippen molar-refractivity contribution in [1.82, 2.24) is 9.55 Å². The average Bonchev–Trinajstić information content (AvgIpc) is 3.56. The molecule has 0 spiro atoms. The van der Waals surface area contributed by atoms with E-state index in [1.165, 1.54) is 6.92 Å². The van der Waals surface area contributed by atoms with E-state index in [1.54, 1.807) is 66.7 Å². The maximum Gasteiger partial charge on any atom is 0.206 e. The molecule has 7 nitrogen and oxygen atoms in total. The Balaban J connectivity index is 0.000000181. The zero-order chi connectivity index (χ0) is 31.1. The normalized spacial score (nSPS) is 10.7. The minimum absolute atomic E-state index is 0.330. The summed E-state index contributed by atoms with van der Waals surface area (Å²) in [5.41, 5.74) is 19.4. The van der Waals surface area contributed by atoms with Crippen LogP contribution in [0.4, 0.5) is 11.4 Å². The second-order valence-corrected chi connectivity index (χ2v) is 11.7. The van der Waals surface area contributed by atoms with E-state index >= 15 is 0 Å². The van der Waals surface area contributed by atoms with Gasteiger partial charge in [-0.3, -0.25) is 0 Å². The highest BCUT2D eigenvalue weighted by molar-refractivity contribution is 7.91. The van der Waals surface area contributed by atoms with E-state index in [1.807, 2.05) is 60.7 Å². The Bertz CT molecular complexity index is 2120. The van der Waals surface area contributed by atoms with Gasteiger partial charge in [0.25, 0.3) is 0 Å². The number of benzene rings is 5. The van der Waals surface area contributed by atoms with E-state index in [4.69, 9.17) is 16.7 Å². The summed E-state index contributed by atoms with van der Waals surface area (Å²) in [4.78, 5) is 4.13. The number of aromatic nitrogens is 2. The molecule has 0 atom stereocenters. The largest absolute Gasteiger partial charge is 0.396 e. The minimum Gasteiger partial charge on any atom is -0.396 e. The van der Waals surface area contributed by atoms with E-state index in [-0.39, 0.29) is 0 Å². The predicted octanol–water partition coefficient (Wildman–Crippen LogP) is 7.99. The molecule has 0 fully saturated rings. The van der Waals surface area contributed by atoms with Crippen LogP contribution in [0.5, 0.6) is 0 Å². The van der Waals surface area contributed by atoms with E-state index in [0.29, 0.717) is 15.5 Å². The molecule has 2 heterocycles. The maximum absolute atomic E-state index is 12.0. The van der Waals surface area contributed by atoms with E-state index in [0.717, 1.165) is 44.6 Å². The number of hydrogen-bond donors (Lipinski definition) is 3. The van der Waals surface area contributed by atoms with Crippen molar-refractivity contribution in [3.05, 3.63) is 140 Å². The fraction of sp³-hybridized carbons (Fsp3) is 0.0278. The zero-order valence-electron chi connectivity index (χ0n) is 24.1. The number of nitrogens with one attached hydrogen (secondary N) is 1. The molecule has 2 aromatic heterocycles. The van der Waals surface area contributed by atoms with Crippen LogP contribution < -0.4 is 11.5 Å². The Labute approximate surface area is 256 Å². The quantitative estimate of drug-likeness (QED) is 0.189. The molecule has 0 bridgehead atoms. The number of nitrogens with two attached hydrogens (primary N) is 2. The van der Waals surface area contributed by atoms with Gasteiger partial charge < -0.3 is 21.0 Å². The van der Waals surface area contributed by atoms with Gasteiger partial charge in [0, 0.05) is 28.9 Å². The number of rotatable bonds is 4. The third-order valence-corrected chi connectivity index (χ3v) is 8.80. The number of nitrogens with zero attached hydrogens (tertiary/aromatic N) is 2. The van der Waals surface area contributed by atoms with Gasteiger partial charge in [0.15, 0.2) is 0 Å². The number of para-hydroxylation sites is 3. The SMILES string of the molecule is CC#N.Nc1c(-c2c(N)c3ccccc3n2-c2ccccc2)[nH]c2ccccc12.O=S(=O)(c1ccccc1)c1ccccc1. The second kappa shape index (κ2) is 13.0. The summed E-state index contributed by atoms with van der Waals surface area (Å²) in [5.74, 6) is 0. The Morgan fingerprint density at radius 2 is 1.09 bits per heavy atom. The number of hydrogen-bond acceptors (Lipinski definition) is 5. The van der Waals surface area contributed by atoms with Gasteiger partial charge >= 0.3 is 0 Å². The van der Waals surface area contributed by atoms with Crippen LogP contribution in [0.2, 0.25) is 0 Å². The molecule has 0 saturated heterocycles. The first-order valence-electron chi connectivity index (χ1n) is 13.9. The lowest BCUT2D eigenvalue weighted by Gasteiger charge is -2.11. The molecular formula is C36H31N5O2S. The number of nitriles is 1. The van der Waals surface area contributed by atoms with Crippen LogP contribution in [0.3, 0.4) is 0 Å². The Kier molecular flexibility index (Phi) is 8.80. The van der Waals surface area contributed by atoms with Crippen LogP contribution in [0.1, 0.15) is 6.92 Å². The van der Waals surface area contributed by atoms with Gasteiger partial charge in [-0.1, -0.05) is 91.0 Å². The van der Waals surface area contributed by atoms with Gasteiger partial charge in [-0.15, -0.1) is 0 Å². The van der Waals surface area contributed by atoms with Gasteiger partial charge in [0.2, 0.25) is 9.84 Å². The van der Waals surface area contributed by atoms with Crippen LogP contribution in [-0.2, 0) is 9.84 Å². The van der Waals surface area contributed by atoms with Crippen molar-refractivity contribution in [3.63, 3.8) is 0 Å². The number of nitrogen functional groups attached to an aromatic ring is 2. The Morgan fingerprint density at radius 3 is 1.64 bits per heavy atom. The molecule has 44 heavy (non-hydrogen) atoms. The topological polar surface area (TPSA) is 131 Å². The Hall–Kier alpha value is -5.78. The number of H-pyrrole nitrogens is 1. The lowest BCUT2D eigenvalue weighted by atomic mass is 10.1. The third-order valence-electron chi connectivity index (χ3n) is 7.02. The first kappa shape index (κ1) is 29.7. The summed E-state index contributed by atoms with van der Waals surface area (Å²) in [5, 5.41) is 9.34. The number of aromatic amines is 1. The van der Waals surface area contributed by atoms with Crippen molar-refractivity contribution in [2.45, 2.75) is 16.7 Å². The first-order chi connectivity index (χ1) is 21.4. The molecule has 0 saturated carbocycles. The van der Waals surface area contributed by atoms with Crippen molar-refractivity contribution in [1.29, 1.82) is 5.26 Å². The summed E-state index contributed by atoms with van der Waals surface area (Å²) in [6.45, 7) is 1.43. The first-order valence-corrected chi connectivity index (χ1v) is 15.3. The van der Waals surface area contributed by atoms with Gasteiger partial charge in [0.1, 0.15) is 0 Å². The molecule has 0 radical (unpaired) electrons. The predicted molar refractivity (Wildman–Crippen MR) is 179 cm³/mol. The van der Waals surface area contributed by atoms with Crippen LogP contribution in [-0.4, -0.2) is 18.0 Å². The molecule has 0 unspecified atom stereocenters. The van der Waals surface area contributed by atoms with Crippen molar-refractivity contribution in [3.8, 4) is 23.1 Å². The maximum atomic E-state index is 12.0. The molecule has 0 amide bonds. The molecule has 8 heteroatoms. The summed E-state index contributed by atoms with van der Waals surface area (Å²) in [7, 11) is -3.34. The third kappa shape index (κ3) is 5.77. The summed E-state index contributed by atoms with van der Waals surface area (Å²) >= 11 is 0. The smallest absolute Gasteiger partial charge is 0.206 e. The zero-order valence-corrected chi connectivity index (χ0v) is 24.9. The lowest BCUT2D eigenvalue weighted by molar-refractivity contribution is 0.596. The fourth-order valence-electron chi connectivity index (χ4n) is 5.04. The highest BCUT2D eigenvalue weighted by atomic mass is 32.2. The second-order valence-electron chi connectivity index (χ2n) is 9.76. The molecular weight excluding hydrogens is 566 g/mol. The van der Waals surface area contributed by atoms with Gasteiger partial charge in [-0.2, -0.15) is 5.26 Å². The molecule has 0 aliphatic rings. The molecule has 0 aliphatic carbocycles. The molecule has 7 rings (SSSR count). The van der Waals surface area contributed by atoms with E-state index in [9.17, 15) is 8.42 Å². The summed E-state index contributed by atoms with van der Waals surface area (Å²) in [6.07, 6.45) is 0. The fourth-order valence-corrected chi connectivity index (χ4v) is 6.35. The highest BCUT2D eigenvalue weighted by Gasteiger charge is 2.22. The van der Waals surface area contributed by atoms with Crippen LogP contribution in [0, 0.1) is 11.3 Å². The number of fused-ring (bicyclic) bond motifs is 2. The van der Waals surface area contributed by atoms with Crippen molar-refractivity contribution in [2.24, 2.45) is 0 Å². The minimum atomic E-state index is -3.34.